The molecule has 0 spiro atoms. The summed E-state index contributed by atoms with van der Waals surface area (Å²) >= 11 is 5.61. The zero-order chi connectivity index (χ0) is 14.0. The van der Waals surface area contributed by atoms with E-state index in [2.05, 4.69) is 15.3 Å². The Morgan fingerprint density at radius 1 is 1.26 bits per heavy atom. The summed E-state index contributed by atoms with van der Waals surface area (Å²) in [6.07, 6.45) is -0.0268. The smallest absolute Gasteiger partial charge is 0.317 e. The van der Waals surface area contributed by atoms with Crippen molar-refractivity contribution in [3.05, 3.63) is 22.7 Å². The minimum absolute atomic E-state index is 0.101. The molecule has 1 heterocycles. The maximum Gasteiger partial charge on any atom is 0.420 e. The molecule has 0 saturated heterocycles. The Hall–Kier alpha value is -0.880. The van der Waals surface area contributed by atoms with Gasteiger partial charge in [0.15, 0.2) is 0 Å². The molecule has 1 saturated carbocycles. The van der Waals surface area contributed by atoms with Crippen molar-refractivity contribution in [1.82, 2.24) is 15.3 Å². The van der Waals surface area contributed by atoms with Gasteiger partial charge in [0.2, 0.25) is 0 Å². The number of halogens is 4. The third-order valence-corrected chi connectivity index (χ3v) is 3.85. The first-order valence-electron chi connectivity index (χ1n) is 6.18. The van der Waals surface area contributed by atoms with Crippen molar-refractivity contribution in [2.45, 2.75) is 43.8 Å². The highest BCUT2D eigenvalue weighted by atomic mass is 35.5. The van der Waals surface area contributed by atoms with E-state index in [1.54, 1.807) is 0 Å². The quantitative estimate of drug-likeness (QED) is 0.849. The number of nitrogens with zero attached hydrogens (tertiary/aromatic N) is 2. The van der Waals surface area contributed by atoms with Crippen LogP contribution >= 0.6 is 11.6 Å². The van der Waals surface area contributed by atoms with E-state index < -0.39 is 16.9 Å². The standard InChI is InChI=1S/C12H15ClF3N3/c1-17-8-4-2-7(3-5-8)11-18-6-9(10(13)19-11)12(14,15)16/h6-8,17H,2-5H2,1H3. The second-order valence-corrected chi connectivity index (χ2v) is 5.13. The lowest BCUT2D eigenvalue weighted by Crippen LogP contribution is -2.30. The summed E-state index contributed by atoms with van der Waals surface area (Å²) < 4.78 is 37.6. The largest absolute Gasteiger partial charge is 0.420 e. The lowest BCUT2D eigenvalue weighted by atomic mass is 9.85. The fourth-order valence-corrected chi connectivity index (χ4v) is 2.64. The summed E-state index contributed by atoms with van der Waals surface area (Å²) in [7, 11) is 1.91. The summed E-state index contributed by atoms with van der Waals surface area (Å²) in [5.41, 5.74) is -0.971. The van der Waals surface area contributed by atoms with E-state index in [-0.39, 0.29) is 5.92 Å². The van der Waals surface area contributed by atoms with Crippen LogP contribution in [0, 0.1) is 0 Å². The molecule has 19 heavy (non-hydrogen) atoms. The lowest BCUT2D eigenvalue weighted by molar-refractivity contribution is -0.138. The van der Waals surface area contributed by atoms with E-state index >= 15 is 0 Å². The van der Waals surface area contributed by atoms with E-state index in [0.717, 1.165) is 31.9 Å². The van der Waals surface area contributed by atoms with Crippen LogP contribution in [0.25, 0.3) is 0 Å². The van der Waals surface area contributed by atoms with Crippen molar-refractivity contribution in [2.24, 2.45) is 0 Å². The van der Waals surface area contributed by atoms with E-state index in [0.29, 0.717) is 11.9 Å². The third kappa shape index (κ3) is 3.36. The molecule has 0 unspecified atom stereocenters. The molecule has 1 N–H and O–H groups in total. The second kappa shape index (κ2) is 5.63. The minimum Gasteiger partial charge on any atom is -0.317 e. The van der Waals surface area contributed by atoms with Gasteiger partial charge >= 0.3 is 6.18 Å². The first kappa shape index (κ1) is 14.5. The first-order chi connectivity index (χ1) is 8.91. The molecule has 0 bridgehead atoms. The SMILES string of the molecule is CNC1CCC(c2ncc(C(F)(F)F)c(Cl)n2)CC1. The Kier molecular flexibility index (Phi) is 4.30. The van der Waals surface area contributed by atoms with Crippen LogP contribution in [0.5, 0.6) is 0 Å². The molecule has 0 radical (unpaired) electrons. The monoisotopic (exact) mass is 293 g/mol. The lowest BCUT2D eigenvalue weighted by Gasteiger charge is -2.27. The Bertz CT molecular complexity index is 442. The molecule has 106 valence electrons. The Morgan fingerprint density at radius 2 is 1.89 bits per heavy atom. The summed E-state index contributed by atoms with van der Waals surface area (Å²) in [6, 6.07) is 0.473. The van der Waals surface area contributed by atoms with Crippen LogP contribution in [0.4, 0.5) is 13.2 Å². The van der Waals surface area contributed by atoms with E-state index in [1.165, 1.54) is 0 Å². The van der Waals surface area contributed by atoms with Gasteiger partial charge in [0.1, 0.15) is 16.5 Å². The predicted octanol–water partition coefficient (Wildman–Crippen LogP) is 3.39. The molecule has 0 aromatic carbocycles. The summed E-state index contributed by atoms with van der Waals surface area (Å²) in [5.74, 6) is 0.525. The van der Waals surface area contributed by atoms with E-state index in [9.17, 15) is 13.2 Å². The Labute approximate surface area is 114 Å². The van der Waals surface area contributed by atoms with Gasteiger partial charge in [-0.3, -0.25) is 0 Å². The molecule has 3 nitrogen and oxygen atoms in total. The number of alkyl halides is 3. The second-order valence-electron chi connectivity index (χ2n) is 4.77. The van der Waals surface area contributed by atoms with Crippen LogP contribution in [0.1, 0.15) is 43.0 Å². The van der Waals surface area contributed by atoms with Gasteiger partial charge in [-0.15, -0.1) is 0 Å². The Balaban J connectivity index is 2.13. The minimum atomic E-state index is -4.50. The molecular weight excluding hydrogens is 279 g/mol. The maximum absolute atomic E-state index is 12.5. The highest BCUT2D eigenvalue weighted by Gasteiger charge is 2.35. The third-order valence-electron chi connectivity index (χ3n) is 3.57. The number of hydrogen-bond donors (Lipinski definition) is 1. The summed E-state index contributed by atoms with van der Waals surface area (Å²) in [4.78, 5) is 7.67. The molecule has 1 aliphatic carbocycles. The number of nitrogens with one attached hydrogen (secondary N) is 1. The van der Waals surface area contributed by atoms with Crippen LogP contribution < -0.4 is 5.32 Å². The summed E-state index contributed by atoms with van der Waals surface area (Å²) in [5, 5.41) is 2.69. The maximum atomic E-state index is 12.5. The van der Waals surface area contributed by atoms with Crippen LogP contribution in [0.3, 0.4) is 0 Å². The number of hydrogen-bond acceptors (Lipinski definition) is 3. The van der Waals surface area contributed by atoms with Crippen molar-refractivity contribution in [3.63, 3.8) is 0 Å². The van der Waals surface area contributed by atoms with Gasteiger partial charge in [-0.05, 0) is 32.7 Å². The Morgan fingerprint density at radius 3 is 2.37 bits per heavy atom. The van der Waals surface area contributed by atoms with Crippen molar-refractivity contribution in [3.8, 4) is 0 Å². The van der Waals surface area contributed by atoms with Gasteiger partial charge in [-0.1, -0.05) is 11.6 Å². The van der Waals surface area contributed by atoms with Gasteiger partial charge in [0.25, 0.3) is 0 Å². The van der Waals surface area contributed by atoms with Gasteiger partial charge in [-0.25, -0.2) is 9.97 Å². The molecular formula is C12H15ClF3N3. The van der Waals surface area contributed by atoms with Gasteiger partial charge in [0, 0.05) is 18.2 Å². The molecule has 0 aliphatic heterocycles. The fraction of sp³-hybridized carbons (Fsp3) is 0.667. The van der Waals surface area contributed by atoms with Gasteiger partial charge in [0.05, 0.1) is 0 Å². The zero-order valence-electron chi connectivity index (χ0n) is 10.5. The van der Waals surface area contributed by atoms with Crippen LogP contribution in [-0.2, 0) is 6.18 Å². The van der Waals surface area contributed by atoms with Crippen molar-refractivity contribution >= 4 is 11.6 Å². The van der Waals surface area contributed by atoms with E-state index in [4.69, 9.17) is 11.6 Å². The predicted molar refractivity (Wildman–Crippen MR) is 66.1 cm³/mol. The average Bonchev–Trinajstić information content (AvgIpc) is 2.37. The molecule has 0 amide bonds. The highest BCUT2D eigenvalue weighted by Crippen LogP contribution is 2.36. The van der Waals surface area contributed by atoms with Crippen LogP contribution in [0.15, 0.2) is 6.20 Å². The molecule has 1 aromatic rings. The molecule has 1 fully saturated rings. The normalized spacial score (nSPS) is 24.5. The summed E-state index contributed by atoms with van der Waals surface area (Å²) in [6.45, 7) is 0. The van der Waals surface area contributed by atoms with Crippen LogP contribution in [-0.4, -0.2) is 23.1 Å². The molecule has 2 rings (SSSR count). The zero-order valence-corrected chi connectivity index (χ0v) is 11.2. The van der Waals surface area contributed by atoms with Gasteiger partial charge in [-0.2, -0.15) is 13.2 Å². The number of aromatic nitrogens is 2. The van der Waals surface area contributed by atoms with Gasteiger partial charge < -0.3 is 5.32 Å². The first-order valence-corrected chi connectivity index (χ1v) is 6.56. The molecule has 1 aliphatic rings. The topological polar surface area (TPSA) is 37.8 Å². The molecule has 1 aromatic heterocycles. The number of rotatable bonds is 2. The fourth-order valence-electron chi connectivity index (χ4n) is 2.40. The van der Waals surface area contributed by atoms with Crippen molar-refractivity contribution in [1.29, 1.82) is 0 Å². The highest BCUT2D eigenvalue weighted by molar-refractivity contribution is 6.30. The van der Waals surface area contributed by atoms with Crippen LogP contribution in [0.2, 0.25) is 5.15 Å². The molecule has 7 heteroatoms. The molecule has 0 atom stereocenters. The van der Waals surface area contributed by atoms with Crippen molar-refractivity contribution < 1.29 is 13.2 Å². The van der Waals surface area contributed by atoms with E-state index in [1.807, 2.05) is 7.05 Å². The van der Waals surface area contributed by atoms with Crippen molar-refractivity contribution in [2.75, 3.05) is 7.05 Å². The average molecular weight is 294 g/mol.